The Morgan fingerprint density at radius 2 is 1.64 bits per heavy atom. The maximum Gasteiger partial charge on any atom is 0.240 e. The lowest BCUT2D eigenvalue weighted by Gasteiger charge is -2.16. The van der Waals surface area contributed by atoms with E-state index in [4.69, 9.17) is 11.6 Å². The van der Waals surface area contributed by atoms with Crippen LogP contribution in [0.5, 0.6) is 0 Å². The maximum absolute atomic E-state index is 15.0. The summed E-state index contributed by atoms with van der Waals surface area (Å²) in [4.78, 5) is 38.5. The first-order valence-corrected chi connectivity index (χ1v) is 14.8. The molecule has 0 atom stereocenters. The van der Waals surface area contributed by atoms with Crippen molar-refractivity contribution in [3.05, 3.63) is 94.9 Å². The molecule has 2 aromatic heterocycles. The van der Waals surface area contributed by atoms with Gasteiger partial charge in [0, 0.05) is 34.5 Å². The molecule has 0 aliphatic heterocycles. The number of carbonyl (C=O) groups excluding carboxylic acids is 2. The van der Waals surface area contributed by atoms with E-state index in [1.54, 1.807) is 61.5 Å². The molecule has 3 N–H and O–H groups in total. The summed E-state index contributed by atoms with van der Waals surface area (Å²) in [5.74, 6) is -1.13. The van der Waals surface area contributed by atoms with E-state index in [-0.39, 0.29) is 47.1 Å². The van der Waals surface area contributed by atoms with Crippen molar-refractivity contribution in [2.24, 2.45) is 5.41 Å². The fourth-order valence-corrected chi connectivity index (χ4v) is 5.47. The topological polar surface area (TPSA) is 114 Å². The van der Waals surface area contributed by atoms with Crippen molar-refractivity contribution in [2.45, 2.75) is 46.2 Å². The molecule has 3 aromatic carbocycles. The molecule has 2 heterocycles. The van der Waals surface area contributed by atoms with Gasteiger partial charge in [0.15, 0.2) is 11.6 Å². The van der Waals surface area contributed by atoms with E-state index < -0.39 is 17.0 Å². The Bertz CT molecular complexity index is 1920. The highest BCUT2D eigenvalue weighted by Crippen LogP contribution is 2.47. The van der Waals surface area contributed by atoms with E-state index in [0.717, 1.165) is 11.8 Å². The molecule has 230 valence electrons. The van der Waals surface area contributed by atoms with Crippen molar-refractivity contribution in [3.63, 3.8) is 0 Å². The number of nitrogens with zero attached hydrogens (tertiary/aromatic N) is 4. The van der Waals surface area contributed by atoms with Crippen LogP contribution in [0.25, 0.3) is 22.3 Å². The fourth-order valence-electron chi connectivity index (χ4n) is 5.34. The first-order valence-electron chi connectivity index (χ1n) is 14.5. The Morgan fingerprint density at radius 3 is 2.31 bits per heavy atom. The minimum Gasteiger partial charge on any atom is -0.351 e. The number of carbonyl (C=O) groups is 2. The van der Waals surface area contributed by atoms with Crippen molar-refractivity contribution in [1.29, 1.82) is 0 Å². The first-order chi connectivity index (χ1) is 21.5. The third-order valence-corrected chi connectivity index (χ3v) is 8.10. The van der Waals surface area contributed by atoms with Crippen LogP contribution >= 0.6 is 11.6 Å². The minimum atomic E-state index is -1.08. The molecule has 0 unspecified atom stereocenters. The Labute approximate surface area is 263 Å². The molecule has 0 bridgehead atoms. The summed E-state index contributed by atoms with van der Waals surface area (Å²) >= 11 is 5.90. The van der Waals surface area contributed by atoms with Crippen LogP contribution in [0, 0.1) is 24.0 Å². The van der Waals surface area contributed by atoms with E-state index in [2.05, 4.69) is 30.9 Å². The molecule has 2 amide bonds. The molecule has 1 aliphatic carbocycles. The van der Waals surface area contributed by atoms with Crippen molar-refractivity contribution in [1.82, 2.24) is 24.8 Å². The van der Waals surface area contributed by atoms with Gasteiger partial charge >= 0.3 is 0 Å². The van der Waals surface area contributed by atoms with E-state index in [1.165, 1.54) is 6.07 Å². The van der Waals surface area contributed by atoms with Gasteiger partial charge < -0.3 is 20.5 Å². The summed E-state index contributed by atoms with van der Waals surface area (Å²) < 4.78 is 31.8. The van der Waals surface area contributed by atoms with Crippen LogP contribution in [0.15, 0.2) is 66.9 Å². The highest BCUT2D eigenvalue weighted by atomic mass is 35.5. The lowest BCUT2D eigenvalue weighted by atomic mass is 10.0. The van der Waals surface area contributed by atoms with Crippen molar-refractivity contribution in [2.75, 3.05) is 10.6 Å². The predicted octanol–water partition coefficient (Wildman–Crippen LogP) is 7.09. The normalized spacial score (nSPS) is 13.6. The van der Waals surface area contributed by atoms with Crippen LogP contribution in [-0.4, -0.2) is 31.3 Å². The molecule has 45 heavy (non-hydrogen) atoms. The summed E-state index contributed by atoms with van der Waals surface area (Å²) in [5.41, 5.74) is 1.93. The molecule has 12 heteroatoms. The third kappa shape index (κ3) is 6.08. The smallest absolute Gasteiger partial charge is 0.240 e. The number of halogens is 3. The largest absolute Gasteiger partial charge is 0.351 e. The SMILES string of the molecule is Cc1nc2c(F)cc(-c3nc(Nc4ccc(CNC(=O)C5(C(=O)Nc6ccc(Cl)cc6)CC5)cc4)ncc3F)cc2n1C(C)C. The number of nitrogens with one attached hydrogen (secondary N) is 3. The van der Waals surface area contributed by atoms with E-state index in [1.807, 2.05) is 18.4 Å². The lowest BCUT2D eigenvalue weighted by molar-refractivity contribution is -0.134. The molecular formula is C33H30ClF2N7O2. The number of benzene rings is 3. The highest BCUT2D eigenvalue weighted by molar-refractivity contribution is 6.30. The second kappa shape index (κ2) is 11.9. The molecule has 0 spiro atoms. The van der Waals surface area contributed by atoms with Crippen LogP contribution in [-0.2, 0) is 16.1 Å². The Balaban J connectivity index is 1.12. The molecule has 5 aromatic rings. The number of amides is 2. The van der Waals surface area contributed by atoms with Crippen LogP contribution in [0.1, 0.15) is 44.1 Å². The average Bonchev–Trinajstić information content (AvgIpc) is 3.76. The van der Waals surface area contributed by atoms with E-state index in [9.17, 15) is 14.0 Å². The van der Waals surface area contributed by atoms with E-state index in [0.29, 0.717) is 40.6 Å². The molecule has 1 aliphatic rings. The molecule has 6 rings (SSSR count). The molecule has 9 nitrogen and oxygen atoms in total. The Hall–Kier alpha value is -4.90. The van der Waals surface area contributed by atoms with E-state index >= 15 is 4.39 Å². The number of hydrogen-bond donors (Lipinski definition) is 3. The van der Waals surface area contributed by atoms with Crippen LogP contribution < -0.4 is 16.0 Å². The molecule has 0 radical (unpaired) electrons. The van der Waals surface area contributed by atoms with Gasteiger partial charge in [-0.05, 0) is 87.7 Å². The number of anilines is 3. The zero-order chi connectivity index (χ0) is 31.9. The number of hydrogen-bond acceptors (Lipinski definition) is 6. The number of imidazole rings is 1. The monoisotopic (exact) mass is 629 g/mol. The molecule has 0 saturated heterocycles. The van der Waals surface area contributed by atoms with Crippen LogP contribution in [0.4, 0.5) is 26.1 Å². The lowest BCUT2D eigenvalue weighted by Crippen LogP contribution is -2.39. The summed E-state index contributed by atoms with van der Waals surface area (Å²) in [7, 11) is 0. The van der Waals surface area contributed by atoms with Gasteiger partial charge in [0.2, 0.25) is 17.8 Å². The van der Waals surface area contributed by atoms with Crippen LogP contribution in [0.2, 0.25) is 5.02 Å². The standard InChI is InChI=1S/C33H30ClF2N7O2/c1-18(2)43-19(3)39-29-25(35)14-21(15-27(29)43)28-26(36)17-38-32(42-28)41-24-8-4-20(5-9-24)16-37-30(44)33(12-13-33)31(45)40-23-10-6-22(34)7-11-23/h4-11,14-15,17-18H,12-13,16H2,1-3H3,(H,37,44)(H,40,45)(H,38,41,42). The number of aryl methyl sites for hydroxylation is 1. The van der Waals surface area contributed by atoms with Gasteiger partial charge in [0.05, 0.1) is 11.7 Å². The number of fused-ring (bicyclic) bond motifs is 1. The molecular weight excluding hydrogens is 600 g/mol. The van der Waals surface area contributed by atoms with Crippen molar-refractivity contribution >= 4 is 51.8 Å². The zero-order valence-corrected chi connectivity index (χ0v) is 25.5. The van der Waals surface area contributed by atoms with Crippen LogP contribution in [0.3, 0.4) is 0 Å². The highest BCUT2D eigenvalue weighted by Gasteiger charge is 2.56. The summed E-state index contributed by atoms with van der Waals surface area (Å²) in [6.45, 7) is 5.97. The van der Waals surface area contributed by atoms with Gasteiger partial charge in [-0.2, -0.15) is 0 Å². The van der Waals surface area contributed by atoms with Gasteiger partial charge in [0.1, 0.15) is 22.5 Å². The minimum absolute atomic E-state index is 0.0304. The predicted molar refractivity (Wildman–Crippen MR) is 169 cm³/mol. The first kappa shape index (κ1) is 30.1. The molecule has 1 fully saturated rings. The maximum atomic E-state index is 15.0. The summed E-state index contributed by atoms with van der Waals surface area (Å²) in [6, 6.07) is 16.8. The van der Waals surface area contributed by atoms with Gasteiger partial charge in [-0.15, -0.1) is 0 Å². The number of rotatable bonds is 9. The fraction of sp³-hybridized carbons (Fsp3) is 0.242. The second-order valence-electron chi connectivity index (χ2n) is 11.4. The van der Waals surface area contributed by atoms with Gasteiger partial charge in [0.25, 0.3) is 0 Å². The van der Waals surface area contributed by atoms with Crippen molar-refractivity contribution in [3.8, 4) is 11.3 Å². The Kier molecular flexibility index (Phi) is 7.96. The quantitative estimate of drug-likeness (QED) is 0.150. The number of aromatic nitrogens is 4. The third-order valence-electron chi connectivity index (χ3n) is 7.84. The van der Waals surface area contributed by atoms with Crippen molar-refractivity contribution < 1.29 is 18.4 Å². The zero-order valence-electron chi connectivity index (χ0n) is 24.8. The van der Waals surface area contributed by atoms with Gasteiger partial charge in [-0.3, -0.25) is 9.59 Å². The van der Waals surface area contributed by atoms with Gasteiger partial charge in [-0.25, -0.2) is 23.7 Å². The Morgan fingerprint density at radius 1 is 0.956 bits per heavy atom. The average molecular weight is 630 g/mol. The second-order valence-corrected chi connectivity index (χ2v) is 11.8. The molecule has 1 saturated carbocycles. The summed E-state index contributed by atoms with van der Waals surface area (Å²) in [6.07, 6.45) is 1.99. The van der Waals surface area contributed by atoms with Gasteiger partial charge in [-0.1, -0.05) is 23.7 Å². The summed E-state index contributed by atoms with van der Waals surface area (Å²) in [5, 5.41) is 9.26.